The Bertz CT molecular complexity index is 405. The van der Waals surface area contributed by atoms with Crippen molar-refractivity contribution in [2.75, 3.05) is 40.5 Å². The highest BCUT2D eigenvalue weighted by molar-refractivity contribution is 7.87. The highest BCUT2D eigenvalue weighted by Crippen LogP contribution is 2.19. The van der Waals surface area contributed by atoms with E-state index in [-0.39, 0.29) is 25.7 Å². The van der Waals surface area contributed by atoms with Crippen molar-refractivity contribution >= 4 is 16.2 Å². The Morgan fingerprint density at radius 1 is 1.40 bits per heavy atom. The molecule has 1 saturated heterocycles. The van der Waals surface area contributed by atoms with Crippen LogP contribution in [0.3, 0.4) is 0 Å². The van der Waals surface area contributed by atoms with Gasteiger partial charge < -0.3 is 14.6 Å². The van der Waals surface area contributed by atoms with Gasteiger partial charge in [0.05, 0.1) is 18.6 Å². The van der Waals surface area contributed by atoms with Crippen molar-refractivity contribution in [3.8, 4) is 0 Å². The molecule has 2 N–H and O–H groups in total. The molecule has 0 radical (unpaired) electrons. The first-order chi connectivity index (χ1) is 9.40. The standard InChI is InChI=1S/C11H22N2O6S/c1-18-8-10(19-2)7-12-20(16,17)13-5-3-9(4-6-13)11(14)15/h9-10,12H,3-8H2,1-2H3,(H,14,15). The minimum atomic E-state index is -3.60. The molecule has 0 aromatic rings. The number of piperidine rings is 1. The quantitative estimate of drug-likeness (QED) is 0.613. The normalized spacial score (nSPS) is 19.9. The van der Waals surface area contributed by atoms with Gasteiger partial charge in [-0.25, -0.2) is 0 Å². The van der Waals surface area contributed by atoms with Crippen molar-refractivity contribution in [3.05, 3.63) is 0 Å². The zero-order chi connectivity index (χ0) is 15.2. The molecule has 0 amide bonds. The number of hydrogen-bond donors (Lipinski definition) is 2. The molecule has 0 bridgehead atoms. The molecule has 1 unspecified atom stereocenters. The van der Waals surface area contributed by atoms with E-state index in [1.165, 1.54) is 18.5 Å². The molecule has 8 nitrogen and oxygen atoms in total. The van der Waals surface area contributed by atoms with Gasteiger partial charge in [-0.1, -0.05) is 0 Å². The lowest BCUT2D eigenvalue weighted by molar-refractivity contribution is -0.142. The maximum Gasteiger partial charge on any atom is 0.306 e. The van der Waals surface area contributed by atoms with Gasteiger partial charge in [-0.15, -0.1) is 0 Å². The van der Waals surface area contributed by atoms with Gasteiger partial charge in [0.25, 0.3) is 10.2 Å². The van der Waals surface area contributed by atoms with E-state index >= 15 is 0 Å². The van der Waals surface area contributed by atoms with E-state index in [2.05, 4.69) is 4.72 Å². The van der Waals surface area contributed by atoms with E-state index in [1.54, 1.807) is 0 Å². The van der Waals surface area contributed by atoms with Gasteiger partial charge in [-0.3, -0.25) is 4.79 Å². The average Bonchev–Trinajstić information content (AvgIpc) is 2.43. The lowest BCUT2D eigenvalue weighted by Crippen LogP contribution is -2.48. The maximum atomic E-state index is 12.1. The fourth-order valence-corrected chi connectivity index (χ4v) is 3.30. The zero-order valence-corrected chi connectivity index (χ0v) is 12.6. The summed E-state index contributed by atoms with van der Waals surface area (Å²) < 4.78 is 37.8. The second kappa shape index (κ2) is 7.89. The number of aliphatic carboxylic acids is 1. The summed E-state index contributed by atoms with van der Waals surface area (Å²) in [6.45, 7) is 0.841. The first-order valence-corrected chi connectivity index (χ1v) is 7.84. The molecular formula is C11H22N2O6S. The third-order valence-electron chi connectivity index (χ3n) is 3.32. The summed E-state index contributed by atoms with van der Waals surface area (Å²) in [5, 5.41) is 8.88. The van der Waals surface area contributed by atoms with Crippen LogP contribution in [0.2, 0.25) is 0 Å². The molecule has 1 rings (SSSR count). The number of carboxylic acid groups (broad SMARTS) is 1. The predicted octanol–water partition coefficient (Wildman–Crippen LogP) is -0.721. The molecule has 1 aliphatic rings. The van der Waals surface area contributed by atoms with E-state index in [0.29, 0.717) is 19.4 Å². The van der Waals surface area contributed by atoms with Crippen molar-refractivity contribution in [1.29, 1.82) is 0 Å². The van der Waals surface area contributed by atoms with Crippen molar-refractivity contribution in [2.24, 2.45) is 5.92 Å². The Morgan fingerprint density at radius 2 is 2.00 bits per heavy atom. The van der Waals surface area contributed by atoms with Gasteiger partial charge >= 0.3 is 5.97 Å². The molecule has 20 heavy (non-hydrogen) atoms. The van der Waals surface area contributed by atoms with Gasteiger partial charge in [0.2, 0.25) is 0 Å². The molecule has 0 aliphatic carbocycles. The minimum Gasteiger partial charge on any atom is -0.481 e. The number of nitrogens with one attached hydrogen (secondary N) is 1. The molecule has 1 atom stereocenters. The highest BCUT2D eigenvalue weighted by atomic mass is 32.2. The molecule has 1 fully saturated rings. The summed E-state index contributed by atoms with van der Waals surface area (Å²) in [7, 11) is -0.608. The van der Waals surface area contributed by atoms with Crippen LogP contribution < -0.4 is 4.72 Å². The van der Waals surface area contributed by atoms with E-state index in [1.807, 2.05) is 0 Å². The van der Waals surface area contributed by atoms with E-state index < -0.39 is 22.1 Å². The van der Waals surface area contributed by atoms with Gasteiger partial charge in [0.1, 0.15) is 0 Å². The number of carboxylic acids is 1. The lowest BCUT2D eigenvalue weighted by atomic mass is 9.99. The second-order valence-corrected chi connectivity index (χ2v) is 6.43. The lowest BCUT2D eigenvalue weighted by Gasteiger charge is -2.29. The zero-order valence-electron chi connectivity index (χ0n) is 11.7. The Kier molecular flexibility index (Phi) is 6.83. The Hall–Kier alpha value is -0.740. The molecular weight excluding hydrogens is 288 g/mol. The van der Waals surface area contributed by atoms with Crippen LogP contribution in [0.25, 0.3) is 0 Å². The van der Waals surface area contributed by atoms with E-state index in [4.69, 9.17) is 14.6 Å². The van der Waals surface area contributed by atoms with Crippen molar-refractivity contribution in [1.82, 2.24) is 9.03 Å². The third kappa shape index (κ3) is 4.98. The highest BCUT2D eigenvalue weighted by Gasteiger charge is 2.31. The molecule has 0 aromatic heterocycles. The number of rotatable bonds is 8. The Balaban J connectivity index is 2.47. The average molecular weight is 310 g/mol. The number of methoxy groups -OCH3 is 2. The molecule has 0 aromatic carbocycles. The number of carbonyl (C=O) groups is 1. The smallest absolute Gasteiger partial charge is 0.306 e. The summed E-state index contributed by atoms with van der Waals surface area (Å²) in [6, 6.07) is 0. The van der Waals surface area contributed by atoms with Crippen LogP contribution in [0.4, 0.5) is 0 Å². The number of ether oxygens (including phenoxy) is 2. The van der Waals surface area contributed by atoms with Crippen molar-refractivity contribution in [3.63, 3.8) is 0 Å². The first kappa shape index (κ1) is 17.3. The molecule has 9 heteroatoms. The number of hydrogen-bond acceptors (Lipinski definition) is 5. The van der Waals surface area contributed by atoms with E-state index in [9.17, 15) is 13.2 Å². The third-order valence-corrected chi connectivity index (χ3v) is 4.90. The van der Waals surface area contributed by atoms with Crippen LogP contribution in [0.5, 0.6) is 0 Å². The molecule has 118 valence electrons. The topological polar surface area (TPSA) is 105 Å². The minimum absolute atomic E-state index is 0.117. The molecule has 0 saturated carbocycles. The largest absolute Gasteiger partial charge is 0.481 e. The van der Waals surface area contributed by atoms with Crippen LogP contribution in [-0.2, 0) is 24.5 Å². The van der Waals surface area contributed by atoms with Gasteiger partial charge in [0.15, 0.2) is 0 Å². The van der Waals surface area contributed by atoms with Crippen LogP contribution in [-0.4, -0.2) is 70.4 Å². The second-order valence-electron chi connectivity index (χ2n) is 4.68. The van der Waals surface area contributed by atoms with Gasteiger partial charge in [-0.2, -0.15) is 17.4 Å². The van der Waals surface area contributed by atoms with Crippen molar-refractivity contribution in [2.45, 2.75) is 18.9 Å². The van der Waals surface area contributed by atoms with Crippen LogP contribution in [0.15, 0.2) is 0 Å². The summed E-state index contributed by atoms with van der Waals surface area (Å²) in [5.74, 6) is -1.32. The van der Waals surface area contributed by atoms with Gasteiger partial charge in [0, 0.05) is 33.9 Å². The fourth-order valence-electron chi connectivity index (χ4n) is 2.03. The molecule has 0 spiro atoms. The number of nitrogens with zero attached hydrogens (tertiary/aromatic N) is 1. The fraction of sp³-hybridized carbons (Fsp3) is 0.909. The Labute approximate surface area is 119 Å². The van der Waals surface area contributed by atoms with Crippen LogP contribution >= 0.6 is 0 Å². The molecule has 1 heterocycles. The summed E-state index contributed by atoms with van der Waals surface area (Å²) >= 11 is 0. The van der Waals surface area contributed by atoms with Gasteiger partial charge in [-0.05, 0) is 12.8 Å². The van der Waals surface area contributed by atoms with Crippen LogP contribution in [0, 0.1) is 5.92 Å². The SMILES string of the molecule is COCC(CNS(=O)(=O)N1CCC(C(=O)O)CC1)OC. The summed E-state index contributed by atoms with van der Waals surface area (Å²) in [6.07, 6.45) is 0.315. The van der Waals surface area contributed by atoms with Crippen molar-refractivity contribution < 1.29 is 27.8 Å². The predicted molar refractivity (Wildman–Crippen MR) is 71.5 cm³/mol. The van der Waals surface area contributed by atoms with E-state index in [0.717, 1.165) is 0 Å². The maximum absolute atomic E-state index is 12.1. The molecule has 1 aliphatic heterocycles. The first-order valence-electron chi connectivity index (χ1n) is 6.40. The van der Waals surface area contributed by atoms with Crippen LogP contribution in [0.1, 0.15) is 12.8 Å². The summed E-state index contributed by atoms with van der Waals surface area (Å²) in [4.78, 5) is 10.8. The summed E-state index contributed by atoms with van der Waals surface area (Å²) in [5.41, 5.74) is 0. The monoisotopic (exact) mass is 310 g/mol. The Morgan fingerprint density at radius 3 is 2.45 bits per heavy atom.